The van der Waals surface area contributed by atoms with Gasteiger partial charge in [-0.05, 0) is 25.7 Å². The molecule has 27 heavy (non-hydrogen) atoms. The molecular formula is C20H38N4O3. The van der Waals surface area contributed by atoms with Crippen LogP contribution in [-0.2, 0) is 14.3 Å². The summed E-state index contributed by atoms with van der Waals surface area (Å²) in [5.74, 6) is 0.752. The average molecular weight is 383 g/mol. The van der Waals surface area contributed by atoms with Crippen molar-refractivity contribution in [3.05, 3.63) is 0 Å². The second kappa shape index (κ2) is 12.2. The summed E-state index contributed by atoms with van der Waals surface area (Å²) in [6, 6.07) is 0. The number of hydrogen-bond donors (Lipinski definition) is 2. The third-order valence-corrected chi connectivity index (χ3v) is 5.85. The topological polar surface area (TPSA) is 75.2 Å². The monoisotopic (exact) mass is 382 g/mol. The molecule has 1 heterocycles. The Hall–Kier alpha value is -1.34. The third-order valence-electron chi connectivity index (χ3n) is 5.85. The number of guanidine groups is 1. The van der Waals surface area contributed by atoms with Gasteiger partial charge >= 0.3 is 5.97 Å². The number of methoxy groups -OCH3 is 1. The van der Waals surface area contributed by atoms with E-state index in [1.165, 1.54) is 39.2 Å². The highest BCUT2D eigenvalue weighted by Crippen LogP contribution is 2.33. The van der Waals surface area contributed by atoms with E-state index in [4.69, 9.17) is 4.74 Å². The Labute approximate surface area is 164 Å². The zero-order valence-electron chi connectivity index (χ0n) is 17.2. The molecule has 0 aromatic rings. The van der Waals surface area contributed by atoms with E-state index in [2.05, 4.69) is 25.3 Å². The number of nitrogens with zero attached hydrogens (tertiary/aromatic N) is 2. The molecule has 7 nitrogen and oxygen atoms in total. The van der Waals surface area contributed by atoms with Crippen molar-refractivity contribution in [2.75, 3.05) is 53.6 Å². The molecule has 1 saturated heterocycles. The van der Waals surface area contributed by atoms with E-state index in [0.29, 0.717) is 6.42 Å². The molecule has 7 heteroatoms. The van der Waals surface area contributed by atoms with E-state index in [9.17, 15) is 4.79 Å². The first-order chi connectivity index (χ1) is 13.2. The third kappa shape index (κ3) is 7.30. The number of carbonyl (C=O) groups excluding carboxylic acids is 1. The van der Waals surface area contributed by atoms with Crippen molar-refractivity contribution >= 4 is 11.9 Å². The van der Waals surface area contributed by atoms with Crippen LogP contribution in [-0.4, -0.2) is 75.9 Å². The Kier molecular flexibility index (Phi) is 9.91. The van der Waals surface area contributed by atoms with E-state index in [0.717, 1.165) is 64.6 Å². The van der Waals surface area contributed by atoms with Gasteiger partial charge in [-0.3, -0.25) is 14.7 Å². The van der Waals surface area contributed by atoms with Gasteiger partial charge in [-0.25, -0.2) is 0 Å². The van der Waals surface area contributed by atoms with Crippen LogP contribution < -0.4 is 10.6 Å². The van der Waals surface area contributed by atoms with E-state index < -0.39 is 0 Å². The largest absolute Gasteiger partial charge is 0.469 e. The Morgan fingerprint density at radius 1 is 1.11 bits per heavy atom. The first kappa shape index (κ1) is 22.0. The minimum atomic E-state index is -0.124. The number of hydrogen-bond acceptors (Lipinski definition) is 5. The number of morpholine rings is 1. The quantitative estimate of drug-likeness (QED) is 0.275. The van der Waals surface area contributed by atoms with E-state index in [1.54, 1.807) is 0 Å². The Morgan fingerprint density at radius 2 is 1.85 bits per heavy atom. The van der Waals surface area contributed by atoms with Gasteiger partial charge in [0.1, 0.15) is 0 Å². The molecule has 0 aromatic heterocycles. The first-order valence-electron chi connectivity index (χ1n) is 10.5. The molecule has 2 N–H and O–H groups in total. The maximum Gasteiger partial charge on any atom is 0.305 e. The number of carbonyl (C=O) groups is 1. The van der Waals surface area contributed by atoms with Gasteiger partial charge in [-0.15, -0.1) is 0 Å². The number of rotatable bonds is 9. The van der Waals surface area contributed by atoms with Crippen LogP contribution in [0.4, 0.5) is 0 Å². The summed E-state index contributed by atoms with van der Waals surface area (Å²) < 4.78 is 10.2. The standard InChI is InChI=1S/C20H38N4O3/c1-21-19(22-12-8-3-5-9-18(25)26-2)23-17-20(10-6-4-7-11-20)24-13-15-27-16-14-24/h3-17H2,1-2H3,(H2,21,22,23). The van der Waals surface area contributed by atoms with Crippen LogP contribution in [0.2, 0.25) is 0 Å². The lowest BCUT2D eigenvalue weighted by molar-refractivity contribution is -0.140. The molecule has 156 valence electrons. The second-order valence-electron chi connectivity index (χ2n) is 7.62. The van der Waals surface area contributed by atoms with E-state index in [-0.39, 0.29) is 11.5 Å². The summed E-state index contributed by atoms with van der Waals surface area (Å²) in [7, 11) is 3.27. The van der Waals surface area contributed by atoms with Gasteiger partial charge in [-0.2, -0.15) is 0 Å². The molecule has 0 amide bonds. The van der Waals surface area contributed by atoms with Crippen LogP contribution in [0.3, 0.4) is 0 Å². The predicted octanol–water partition coefficient (Wildman–Crippen LogP) is 1.92. The normalized spacial score (nSPS) is 20.9. The number of esters is 1. The minimum absolute atomic E-state index is 0.124. The molecule has 0 radical (unpaired) electrons. The lowest BCUT2D eigenvalue weighted by atomic mass is 9.80. The molecule has 1 aliphatic heterocycles. The number of aliphatic imine (C=N–C) groups is 1. The van der Waals surface area contributed by atoms with Crippen molar-refractivity contribution in [3.63, 3.8) is 0 Å². The predicted molar refractivity (Wildman–Crippen MR) is 108 cm³/mol. The van der Waals surface area contributed by atoms with Crippen LogP contribution in [0.1, 0.15) is 57.8 Å². The fourth-order valence-corrected chi connectivity index (χ4v) is 4.20. The fourth-order valence-electron chi connectivity index (χ4n) is 4.20. The molecule has 1 saturated carbocycles. The molecule has 2 aliphatic rings. The SMILES string of the molecule is CN=C(NCCCCCC(=O)OC)NCC1(N2CCOCC2)CCCCC1. The molecule has 0 atom stereocenters. The van der Waals surface area contributed by atoms with Gasteiger partial charge < -0.3 is 20.1 Å². The van der Waals surface area contributed by atoms with Crippen LogP contribution in [0.15, 0.2) is 4.99 Å². The van der Waals surface area contributed by atoms with Crippen LogP contribution >= 0.6 is 0 Å². The minimum Gasteiger partial charge on any atom is -0.469 e. The molecule has 0 spiro atoms. The summed E-state index contributed by atoms with van der Waals surface area (Å²) in [6.07, 6.45) is 9.89. The highest BCUT2D eigenvalue weighted by molar-refractivity contribution is 5.79. The van der Waals surface area contributed by atoms with Gasteiger partial charge in [0.15, 0.2) is 5.96 Å². The molecular weight excluding hydrogens is 344 g/mol. The van der Waals surface area contributed by atoms with Crippen molar-refractivity contribution in [3.8, 4) is 0 Å². The lowest BCUT2D eigenvalue weighted by Gasteiger charge is -2.48. The molecule has 2 rings (SSSR count). The Balaban J connectivity index is 1.72. The summed E-state index contributed by atoms with van der Waals surface area (Å²) >= 11 is 0. The zero-order valence-corrected chi connectivity index (χ0v) is 17.2. The number of unbranched alkanes of at least 4 members (excludes halogenated alkanes) is 2. The molecule has 0 bridgehead atoms. The Morgan fingerprint density at radius 3 is 2.52 bits per heavy atom. The van der Waals surface area contributed by atoms with Gasteiger partial charge in [0.2, 0.25) is 0 Å². The zero-order chi connectivity index (χ0) is 19.4. The smallest absolute Gasteiger partial charge is 0.305 e. The van der Waals surface area contributed by atoms with E-state index in [1.807, 2.05) is 7.05 Å². The highest BCUT2D eigenvalue weighted by Gasteiger charge is 2.38. The lowest BCUT2D eigenvalue weighted by Crippen LogP contribution is -2.60. The maximum atomic E-state index is 11.1. The van der Waals surface area contributed by atoms with Crippen molar-refractivity contribution in [1.82, 2.24) is 15.5 Å². The van der Waals surface area contributed by atoms with Gasteiger partial charge in [0.05, 0.1) is 20.3 Å². The summed E-state index contributed by atoms with van der Waals surface area (Å²) in [6.45, 7) is 5.57. The van der Waals surface area contributed by atoms with Crippen molar-refractivity contribution in [2.24, 2.45) is 4.99 Å². The number of ether oxygens (including phenoxy) is 2. The highest BCUT2D eigenvalue weighted by atomic mass is 16.5. The summed E-state index contributed by atoms with van der Waals surface area (Å²) in [5.41, 5.74) is 0.236. The maximum absolute atomic E-state index is 11.1. The van der Waals surface area contributed by atoms with Gasteiger partial charge in [0.25, 0.3) is 0 Å². The van der Waals surface area contributed by atoms with Crippen molar-refractivity contribution in [2.45, 2.75) is 63.3 Å². The molecule has 1 aliphatic carbocycles. The van der Waals surface area contributed by atoms with Crippen molar-refractivity contribution < 1.29 is 14.3 Å². The first-order valence-corrected chi connectivity index (χ1v) is 10.5. The Bertz CT molecular complexity index is 458. The fraction of sp³-hybridized carbons (Fsp3) is 0.900. The second-order valence-corrected chi connectivity index (χ2v) is 7.62. The number of nitrogens with one attached hydrogen (secondary N) is 2. The van der Waals surface area contributed by atoms with Crippen LogP contribution in [0.25, 0.3) is 0 Å². The van der Waals surface area contributed by atoms with E-state index >= 15 is 0 Å². The molecule has 2 fully saturated rings. The average Bonchev–Trinajstić information content (AvgIpc) is 2.73. The molecule has 0 aromatic carbocycles. The van der Waals surface area contributed by atoms with Crippen LogP contribution in [0.5, 0.6) is 0 Å². The van der Waals surface area contributed by atoms with Gasteiger partial charge in [0, 0.05) is 45.2 Å². The summed E-state index contributed by atoms with van der Waals surface area (Å²) in [4.78, 5) is 18.1. The van der Waals surface area contributed by atoms with Gasteiger partial charge in [-0.1, -0.05) is 25.7 Å². The molecule has 0 unspecified atom stereocenters. The summed E-state index contributed by atoms with van der Waals surface area (Å²) in [5, 5.41) is 6.99. The van der Waals surface area contributed by atoms with Crippen molar-refractivity contribution in [1.29, 1.82) is 0 Å². The van der Waals surface area contributed by atoms with Crippen LogP contribution in [0, 0.1) is 0 Å².